The van der Waals surface area contributed by atoms with E-state index in [1.54, 1.807) is 0 Å². The van der Waals surface area contributed by atoms with Crippen LogP contribution >= 0.6 is 11.3 Å². The van der Waals surface area contributed by atoms with E-state index in [0.717, 1.165) is 23.6 Å². The molecule has 1 aromatic heterocycles. The van der Waals surface area contributed by atoms with Crippen molar-refractivity contribution in [3.05, 3.63) is 144 Å². The van der Waals surface area contributed by atoms with Crippen molar-refractivity contribution in [1.29, 1.82) is 0 Å². The maximum Gasteiger partial charge on any atom is 0.0495 e. The van der Waals surface area contributed by atoms with E-state index in [4.69, 9.17) is 0 Å². The van der Waals surface area contributed by atoms with Crippen LogP contribution in [-0.4, -0.2) is 0 Å². The molecule has 0 radical (unpaired) electrons. The number of hydrogen-bond donors (Lipinski definition) is 1. The highest BCUT2D eigenvalue weighted by Gasteiger charge is 2.15. The molecule has 38 heavy (non-hydrogen) atoms. The highest BCUT2D eigenvalue weighted by molar-refractivity contribution is 7.19. The Balaban J connectivity index is 1.24. The second-order valence-corrected chi connectivity index (χ2v) is 10.6. The third kappa shape index (κ3) is 4.17. The summed E-state index contributed by atoms with van der Waals surface area (Å²) in [7, 11) is 0. The monoisotopic (exact) mass is 506 g/mol. The first-order valence-electron chi connectivity index (χ1n) is 12.9. The fraction of sp³-hybridized carbons (Fsp3) is 0.0286. The van der Waals surface area contributed by atoms with E-state index < -0.39 is 0 Å². The first-order valence-corrected chi connectivity index (χ1v) is 13.7. The summed E-state index contributed by atoms with van der Waals surface area (Å²) in [6.45, 7) is 0.914. The first kappa shape index (κ1) is 22.6. The zero-order valence-corrected chi connectivity index (χ0v) is 21.7. The average molecular weight is 507 g/mol. The second-order valence-electron chi connectivity index (χ2n) is 9.49. The summed E-state index contributed by atoms with van der Waals surface area (Å²) in [5, 5.41) is 4.67. The molecule has 0 unspecified atom stereocenters. The molecule has 1 N–H and O–H groups in total. The number of para-hydroxylation sites is 1. The molecule has 0 saturated carbocycles. The highest BCUT2D eigenvalue weighted by Crippen LogP contribution is 2.39. The van der Waals surface area contributed by atoms with Gasteiger partial charge < -0.3 is 10.2 Å². The smallest absolute Gasteiger partial charge is 0.0495 e. The molecular weight excluding hydrogens is 480 g/mol. The van der Waals surface area contributed by atoms with Crippen molar-refractivity contribution >= 4 is 44.6 Å². The summed E-state index contributed by atoms with van der Waals surface area (Å²) in [6.07, 6.45) is 4.26. The summed E-state index contributed by atoms with van der Waals surface area (Å²) in [5.74, 6) is 0. The van der Waals surface area contributed by atoms with Gasteiger partial charge in [0.25, 0.3) is 0 Å². The van der Waals surface area contributed by atoms with Gasteiger partial charge in [-0.2, -0.15) is 0 Å². The molecule has 0 bridgehead atoms. The number of benzene rings is 5. The summed E-state index contributed by atoms with van der Waals surface area (Å²) in [4.78, 5) is 3.72. The van der Waals surface area contributed by atoms with Crippen LogP contribution < -0.4 is 10.2 Å². The molecule has 0 spiro atoms. The van der Waals surface area contributed by atoms with E-state index in [0.29, 0.717) is 0 Å². The Morgan fingerprint density at radius 1 is 0.553 bits per heavy atom. The molecule has 5 aromatic carbocycles. The lowest BCUT2D eigenvalue weighted by Crippen LogP contribution is -2.09. The first-order chi connectivity index (χ1) is 18.8. The normalized spacial score (nSPS) is 12.2. The van der Waals surface area contributed by atoms with E-state index in [-0.39, 0.29) is 0 Å². The SMILES string of the molecule is C1=Cc2c(sc3ccc(-c4ccc(N(c5ccccc5)c5ccc(-c6ccccc6)cc5)cc4)cc23)CN1. The van der Waals surface area contributed by atoms with Crippen LogP contribution in [0.4, 0.5) is 17.1 Å². The molecule has 2 heterocycles. The fourth-order valence-corrected chi connectivity index (χ4v) is 6.34. The number of hydrogen-bond acceptors (Lipinski definition) is 3. The van der Waals surface area contributed by atoms with Gasteiger partial charge in [-0.05, 0) is 88.6 Å². The van der Waals surface area contributed by atoms with Crippen molar-refractivity contribution in [2.75, 3.05) is 4.90 Å². The second kappa shape index (κ2) is 9.70. The van der Waals surface area contributed by atoms with Crippen molar-refractivity contribution in [2.45, 2.75) is 6.54 Å². The number of anilines is 3. The van der Waals surface area contributed by atoms with Crippen molar-refractivity contribution in [3.8, 4) is 22.3 Å². The predicted octanol–water partition coefficient (Wildman–Crippen LogP) is 9.78. The maximum atomic E-state index is 3.33. The summed E-state index contributed by atoms with van der Waals surface area (Å²) >= 11 is 1.88. The van der Waals surface area contributed by atoms with Gasteiger partial charge in [-0.3, -0.25) is 0 Å². The maximum absolute atomic E-state index is 3.33. The topological polar surface area (TPSA) is 15.3 Å². The standard InChI is InChI=1S/C35H26N2S/c1-3-7-25(8-4-1)26-11-16-30(17-12-26)37(29-9-5-2-6-10-29)31-18-13-27(14-19-31)28-15-20-34-33(23-28)32-21-22-36-24-35(32)38-34/h1-23,36H,24H2. The Kier molecular flexibility index (Phi) is 5.76. The Bertz CT molecular complexity index is 1730. The number of thiophene rings is 1. The summed E-state index contributed by atoms with van der Waals surface area (Å²) in [6, 6.07) is 45.7. The molecule has 2 nitrogen and oxygen atoms in total. The number of fused-ring (bicyclic) bond motifs is 3. The minimum absolute atomic E-state index is 0.914. The average Bonchev–Trinajstić information content (AvgIpc) is 3.37. The lowest BCUT2D eigenvalue weighted by Gasteiger charge is -2.26. The number of nitrogens with one attached hydrogen (secondary N) is 1. The Hall–Kier alpha value is -4.60. The van der Waals surface area contributed by atoms with E-state index in [1.165, 1.54) is 42.8 Å². The lowest BCUT2D eigenvalue weighted by molar-refractivity contribution is 0.878. The quantitative estimate of drug-likeness (QED) is 0.250. The van der Waals surface area contributed by atoms with Crippen LogP contribution in [0.3, 0.4) is 0 Å². The zero-order valence-electron chi connectivity index (χ0n) is 20.8. The third-order valence-corrected chi connectivity index (χ3v) is 8.33. The van der Waals surface area contributed by atoms with Crippen molar-refractivity contribution in [3.63, 3.8) is 0 Å². The molecule has 1 aliphatic heterocycles. The van der Waals surface area contributed by atoms with Gasteiger partial charge in [-0.25, -0.2) is 0 Å². The van der Waals surface area contributed by atoms with Gasteiger partial charge in [0.2, 0.25) is 0 Å². The highest BCUT2D eigenvalue weighted by atomic mass is 32.1. The van der Waals surface area contributed by atoms with Crippen molar-refractivity contribution < 1.29 is 0 Å². The molecule has 0 fully saturated rings. The van der Waals surface area contributed by atoms with Gasteiger partial charge in [0.1, 0.15) is 0 Å². The molecular formula is C35H26N2S. The van der Waals surface area contributed by atoms with Crippen LogP contribution in [0.25, 0.3) is 38.4 Å². The lowest BCUT2D eigenvalue weighted by atomic mass is 10.0. The van der Waals surface area contributed by atoms with Crippen LogP contribution in [0, 0.1) is 0 Å². The van der Waals surface area contributed by atoms with Gasteiger partial charge in [-0.1, -0.05) is 78.9 Å². The molecule has 0 saturated heterocycles. The number of nitrogens with zero attached hydrogens (tertiary/aromatic N) is 1. The summed E-state index contributed by atoms with van der Waals surface area (Å²) < 4.78 is 1.35. The van der Waals surface area contributed by atoms with Gasteiger partial charge >= 0.3 is 0 Å². The molecule has 0 atom stereocenters. The Labute approximate surface area is 227 Å². The molecule has 0 amide bonds. The van der Waals surface area contributed by atoms with Gasteiger partial charge in [-0.15, -0.1) is 11.3 Å². The molecule has 6 aromatic rings. The van der Waals surface area contributed by atoms with E-state index >= 15 is 0 Å². The van der Waals surface area contributed by atoms with Crippen LogP contribution in [-0.2, 0) is 6.54 Å². The van der Waals surface area contributed by atoms with Crippen molar-refractivity contribution in [2.24, 2.45) is 0 Å². The molecule has 0 aliphatic carbocycles. The largest absolute Gasteiger partial charge is 0.386 e. The minimum atomic E-state index is 0.914. The van der Waals surface area contributed by atoms with Crippen molar-refractivity contribution in [1.82, 2.24) is 5.32 Å². The van der Waals surface area contributed by atoms with Gasteiger partial charge in [0.15, 0.2) is 0 Å². The van der Waals surface area contributed by atoms with E-state index in [9.17, 15) is 0 Å². The fourth-order valence-electron chi connectivity index (χ4n) is 5.22. The zero-order chi connectivity index (χ0) is 25.3. The van der Waals surface area contributed by atoms with E-state index in [2.05, 4.69) is 150 Å². The minimum Gasteiger partial charge on any atom is -0.386 e. The summed E-state index contributed by atoms with van der Waals surface area (Å²) in [5.41, 5.74) is 9.68. The van der Waals surface area contributed by atoms with Crippen LogP contribution in [0.1, 0.15) is 10.4 Å². The van der Waals surface area contributed by atoms with Gasteiger partial charge in [0, 0.05) is 38.6 Å². The third-order valence-electron chi connectivity index (χ3n) is 7.14. The predicted molar refractivity (Wildman–Crippen MR) is 163 cm³/mol. The molecule has 182 valence electrons. The number of rotatable bonds is 5. The molecule has 7 rings (SSSR count). The van der Waals surface area contributed by atoms with E-state index in [1.807, 2.05) is 11.3 Å². The molecule has 3 heteroatoms. The van der Waals surface area contributed by atoms with Crippen LogP contribution in [0.15, 0.2) is 134 Å². The Morgan fingerprint density at radius 2 is 1.11 bits per heavy atom. The van der Waals surface area contributed by atoms with Crippen LogP contribution in [0.5, 0.6) is 0 Å². The Morgan fingerprint density at radius 3 is 1.79 bits per heavy atom. The van der Waals surface area contributed by atoms with Gasteiger partial charge in [0.05, 0.1) is 0 Å². The molecule has 1 aliphatic rings. The van der Waals surface area contributed by atoms with Crippen LogP contribution in [0.2, 0.25) is 0 Å².